The van der Waals surface area contributed by atoms with Crippen molar-refractivity contribution in [3.8, 4) is 0 Å². The van der Waals surface area contributed by atoms with E-state index in [1.54, 1.807) is 0 Å². The predicted octanol–water partition coefficient (Wildman–Crippen LogP) is 5.70. The van der Waals surface area contributed by atoms with Gasteiger partial charge < -0.3 is 4.90 Å². The Hall–Kier alpha value is -1.74. The number of benzene rings is 2. The summed E-state index contributed by atoms with van der Waals surface area (Å²) in [5, 5.41) is 0. The number of carbonyl (C=O) groups is 1. The third-order valence-corrected chi connectivity index (χ3v) is 5.74. The third kappa shape index (κ3) is 4.70. The van der Waals surface area contributed by atoms with Crippen LogP contribution in [0.4, 0.5) is 5.69 Å². The van der Waals surface area contributed by atoms with Crippen molar-refractivity contribution >= 4 is 24.2 Å². The quantitative estimate of drug-likeness (QED) is 0.622. The molecule has 0 aliphatic heterocycles. The summed E-state index contributed by atoms with van der Waals surface area (Å²) in [6.45, 7) is 0.725. The van der Waals surface area contributed by atoms with Gasteiger partial charge >= 0.3 is 0 Å². The van der Waals surface area contributed by atoms with Gasteiger partial charge in [0.15, 0.2) is 0 Å². The standard InChI is InChI=1S/C23H29NOS/c25-23(24(17-10-18-26)21-15-8-3-9-16-21)22(19-11-4-1-5-12-19)20-13-6-2-7-14-20/h1,3-5,8-9,11-12,15-16,20,22,26H,2,6-7,10,13-14,17-18H2. The molecule has 2 aromatic carbocycles. The molecule has 1 fully saturated rings. The third-order valence-electron chi connectivity index (χ3n) is 5.42. The number of hydrogen-bond acceptors (Lipinski definition) is 2. The van der Waals surface area contributed by atoms with E-state index < -0.39 is 0 Å². The fourth-order valence-corrected chi connectivity index (χ4v) is 4.26. The van der Waals surface area contributed by atoms with Crippen molar-refractivity contribution in [3.05, 3.63) is 66.2 Å². The van der Waals surface area contributed by atoms with E-state index in [1.807, 2.05) is 41.3 Å². The molecular formula is C23H29NOS. The maximum atomic E-state index is 13.8. The van der Waals surface area contributed by atoms with Crippen LogP contribution in [-0.4, -0.2) is 18.2 Å². The first-order valence-corrected chi connectivity index (χ1v) is 10.5. The van der Waals surface area contributed by atoms with Gasteiger partial charge in [0.05, 0.1) is 5.92 Å². The van der Waals surface area contributed by atoms with E-state index in [9.17, 15) is 4.79 Å². The van der Waals surface area contributed by atoms with Gasteiger partial charge in [0.25, 0.3) is 0 Å². The molecule has 3 rings (SSSR count). The van der Waals surface area contributed by atoms with Gasteiger partial charge in [0.1, 0.15) is 0 Å². The van der Waals surface area contributed by atoms with Gasteiger partial charge in [-0.3, -0.25) is 4.79 Å². The molecule has 138 valence electrons. The molecule has 0 radical (unpaired) electrons. The van der Waals surface area contributed by atoms with Crippen LogP contribution in [-0.2, 0) is 4.79 Å². The Bertz CT molecular complexity index is 667. The number of anilines is 1. The minimum Gasteiger partial charge on any atom is -0.312 e. The van der Waals surface area contributed by atoms with Crippen LogP contribution in [0, 0.1) is 5.92 Å². The normalized spacial score (nSPS) is 16.2. The predicted molar refractivity (Wildman–Crippen MR) is 113 cm³/mol. The zero-order chi connectivity index (χ0) is 18.2. The van der Waals surface area contributed by atoms with Gasteiger partial charge in [0, 0.05) is 12.2 Å². The highest BCUT2D eigenvalue weighted by atomic mass is 32.1. The molecule has 1 aliphatic carbocycles. The van der Waals surface area contributed by atoms with Gasteiger partial charge in [0.2, 0.25) is 5.91 Å². The summed E-state index contributed by atoms with van der Waals surface area (Å²) >= 11 is 4.36. The largest absolute Gasteiger partial charge is 0.312 e. The SMILES string of the molecule is O=C(C(c1ccccc1)C1CCCCC1)N(CCCS)c1ccccc1. The molecule has 1 saturated carbocycles. The van der Waals surface area contributed by atoms with Gasteiger partial charge in [-0.05, 0) is 48.6 Å². The number of para-hydroxylation sites is 1. The van der Waals surface area contributed by atoms with E-state index in [1.165, 1.54) is 19.3 Å². The highest BCUT2D eigenvalue weighted by Gasteiger charge is 2.34. The lowest BCUT2D eigenvalue weighted by atomic mass is 9.76. The summed E-state index contributed by atoms with van der Waals surface area (Å²) in [7, 11) is 0. The number of nitrogens with zero attached hydrogens (tertiary/aromatic N) is 1. The summed E-state index contributed by atoms with van der Waals surface area (Å²) in [5.41, 5.74) is 2.16. The molecule has 0 heterocycles. The molecular weight excluding hydrogens is 338 g/mol. The van der Waals surface area contributed by atoms with E-state index in [4.69, 9.17) is 0 Å². The molecule has 1 unspecified atom stereocenters. The van der Waals surface area contributed by atoms with Crippen molar-refractivity contribution in [3.63, 3.8) is 0 Å². The topological polar surface area (TPSA) is 20.3 Å². The van der Waals surface area contributed by atoms with Crippen LogP contribution in [0.1, 0.15) is 50.0 Å². The van der Waals surface area contributed by atoms with Gasteiger partial charge in [-0.15, -0.1) is 0 Å². The Morgan fingerprint density at radius 2 is 1.58 bits per heavy atom. The van der Waals surface area contributed by atoms with E-state index in [-0.39, 0.29) is 11.8 Å². The second-order valence-corrected chi connectivity index (χ2v) is 7.64. The molecule has 3 heteroatoms. The van der Waals surface area contributed by atoms with Crippen LogP contribution in [0.15, 0.2) is 60.7 Å². The number of hydrogen-bond donors (Lipinski definition) is 1. The molecule has 1 atom stereocenters. The van der Waals surface area contributed by atoms with Crippen LogP contribution in [0.3, 0.4) is 0 Å². The first-order valence-electron chi connectivity index (χ1n) is 9.83. The van der Waals surface area contributed by atoms with Gasteiger partial charge in [-0.2, -0.15) is 12.6 Å². The van der Waals surface area contributed by atoms with Crippen molar-refractivity contribution in [2.24, 2.45) is 5.92 Å². The summed E-state index contributed by atoms with van der Waals surface area (Å²) in [5.74, 6) is 1.43. The van der Waals surface area contributed by atoms with Crippen molar-refractivity contribution in [1.29, 1.82) is 0 Å². The van der Waals surface area contributed by atoms with Crippen molar-refractivity contribution in [1.82, 2.24) is 0 Å². The number of thiol groups is 1. The fraction of sp³-hybridized carbons (Fsp3) is 0.435. The number of amides is 1. The maximum absolute atomic E-state index is 13.8. The summed E-state index contributed by atoms with van der Waals surface area (Å²) in [4.78, 5) is 15.7. The minimum atomic E-state index is -0.0448. The molecule has 0 saturated heterocycles. The van der Waals surface area contributed by atoms with Crippen molar-refractivity contribution in [2.75, 3.05) is 17.2 Å². The first-order chi connectivity index (χ1) is 12.8. The molecule has 2 nitrogen and oxygen atoms in total. The highest BCUT2D eigenvalue weighted by Crippen LogP contribution is 2.38. The Balaban J connectivity index is 1.93. The molecule has 0 N–H and O–H groups in total. The molecule has 1 aliphatic rings. The second-order valence-electron chi connectivity index (χ2n) is 7.19. The average Bonchev–Trinajstić information content (AvgIpc) is 2.71. The van der Waals surface area contributed by atoms with Gasteiger partial charge in [-0.25, -0.2) is 0 Å². The van der Waals surface area contributed by atoms with Gasteiger partial charge in [-0.1, -0.05) is 67.8 Å². The van der Waals surface area contributed by atoms with Crippen LogP contribution < -0.4 is 4.90 Å². The monoisotopic (exact) mass is 367 g/mol. The lowest BCUT2D eigenvalue weighted by molar-refractivity contribution is -0.121. The molecule has 2 aromatic rings. The van der Waals surface area contributed by atoms with Crippen molar-refractivity contribution < 1.29 is 4.79 Å². The Kier molecular flexibility index (Phi) is 7.19. The second kappa shape index (κ2) is 9.82. The van der Waals surface area contributed by atoms with Crippen LogP contribution in [0.5, 0.6) is 0 Å². The first kappa shape index (κ1) is 19.0. The number of rotatable bonds is 7. The summed E-state index contributed by atoms with van der Waals surface area (Å²) < 4.78 is 0. The molecule has 1 amide bonds. The molecule has 0 spiro atoms. The Morgan fingerprint density at radius 1 is 0.962 bits per heavy atom. The highest BCUT2D eigenvalue weighted by molar-refractivity contribution is 7.80. The van der Waals surface area contributed by atoms with E-state index in [2.05, 4.69) is 36.9 Å². The van der Waals surface area contributed by atoms with E-state index in [0.717, 1.165) is 42.8 Å². The molecule has 26 heavy (non-hydrogen) atoms. The van der Waals surface area contributed by atoms with Crippen LogP contribution >= 0.6 is 12.6 Å². The number of carbonyl (C=O) groups excluding carboxylic acids is 1. The Morgan fingerprint density at radius 3 is 2.19 bits per heavy atom. The fourth-order valence-electron chi connectivity index (χ4n) is 4.12. The van der Waals surface area contributed by atoms with Crippen molar-refractivity contribution in [2.45, 2.75) is 44.4 Å². The zero-order valence-electron chi connectivity index (χ0n) is 15.4. The average molecular weight is 368 g/mol. The maximum Gasteiger partial charge on any atom is 0.234 e. The smallest absolute Gasteiger partial charge is 0.234 e. The van der Waals surface area contributed by atoms with E-state index in [0.29, 0.717) is 5.92 Å². The summed E-state index contributed by atoms with van der Waals surface area (Å²) in [6.07, 6.45) is 6.98. The molecule has 0 aromatic heterocycles. The van der Waals surface area contributed by atoms with Crippen LogP contribution in [0.25, 0.3) is 0 Å². The lowest BCUT2D eigenvalue weighted by Crippen LogP contribution is -2.39. The minimum absolute atomic E-state index is 0.0448. The van der Waals surface area contributed by atoms with Crippen LogP contribution in [0.2, 0.25) is 0 Å². The van der Waals surface area contributed by atoms with E-state index >= 15 is 0 Å². The Labute approximate surface area is 163 Å². The lowest BCUT2D eigenvalue weighted by Gasteiger charge is -2.34. The summed E-state index contributed by atoms with van der Waals surface area (Å²) in [6, 6.07) is 20.5. The zero-order valence-corrected chi connectivity index (χ0v) is 16.3. The molecule has 0 bridgehead atoms.